The Morgan fingerprint density at radius 1 is 1.23 bits per heavy atom. The molecule has 130 valence electrons. The molecule has 4 aromatic rings. The third-order valence-electron chi connectivity index (χ3n) is 4.12. The lowest BCUT2D eigenvalue weighted by molar-refractivity contribution is -0.682. The average Bonchev–Trinajstić information content (AvgIpc) is 3.38. The SMILES string of the molecule is Cc1ccc(C(=O)C[n+]2cccc(-c3ccnn3Cc3ccsc3)c2)s1. The van der Waals surface area contributed by atoms with E-state index in [1.165, 1.54) is 5.56 Å². The van der Waals surface area contributed by atoms with Gasteiger partial charge < -0.3 is 0 Å². The molecule has 4 rings (SSSR count). The van der Waals surface area contributed by atoms with Crippen LogP contribution in [0.15, 0.2) is 65.7 Å². The van der Waals surface area contributed by atoms with E-state index in [2.05, 4.69) is 28.0 Å². The number of carbonyl (C=O) groups excluding carboxylic acids is 1. The minimum atomic E-state index is 0.136. The summed E-state index contributed by atoms with van der Waals surface area (Å²) in [5, 5.41) is 8.67. The van der Waals surface area contributed by atoms with Crippen LogP contribution in [0.2, 0.25) is 0 Å². The molecule has 6 heteroatoms. The van der Waals surface area contributed by atoms with Gasteiger partial charge >= 0.3 is 0 Å². The predicted octanol–water partition coefficient (Wildman–Crippen LogP) is 4.20. The maximum atomic E-state index is 12.5. The van der Waals surface area contributed by atoms with Crippen molar-refractivity contribution in [2.24, 2.45) is 0 Å². The fourth-order valence-electron chi connectivity index (χ4n) is 2.86. The second kappa shape index (κ2) is 7.35. The zero-order chi connectivity index (χ0) is 17.9. The second-order valence-corrected chi connectivity index (χ2v) is 8.17. The van der Waals surface area contributed by atoms with E-state index >= 15 is 0 Å². The topological polar surface area (TPSA) is 38.8 Å². The number of hydrogen-bond acceptors (Lipinski definition) is 4. The van der Waals surface area contributed by atoms with Crippen LogP contribution in [0.3, 0.4) is 0 Å². The van der Waals surface area contributed by atoms with Gasteiger partial charge in [0.15, 0.2) is 12.4 Å². The highest BCUT2D eigenvalue weighted by Gasteiger charge is 2.16. The zero-order valence-electron chi connectivity index (χ0n) is 14.3. The number of pyridine rings is 1. The van der Waals surface area contributed by atoms with Crippen LogP contribution in [0.4, 0.5) is 0 Å². The van der Waals surface area contributed by atoms with Crippen molar-refractivity contribution in [3.63, 3.8) is 0 Å². The van der Waals surface area contributed by atoms with Gasteiger partial charge in [-0.1, -0.05) is 0 Å². The number of hydrogen-bond donors (Lipinski definition) is 0. The first kappa shape index (κ1) is 16.9. The van der Waals surface area contributed by atoms with E-state index in [4.69, 9.17) is 0 Å². The first-order chi connectivity index (χ1) is 12.7. The van der Waals surface area contributed by atoms with Gasteiger partial charge in [0.05, 0.1) is 22.7 Å². The molecule has 0 amide bonds. The third kappa shape index (κ3) is 3.66. The molecule has 26 heavy (non-hydrogen) atoms. The normalized spacial score (nSPS) is 11.0. The molecule has 0 radical (unpaired) electrons. The van der Waals surface area contributed by atoms with E-state index in [9.17, 15) is 4.79 Å². The Labute approximate surface area is 160 Å². The number of nitrogens with zero attached hydrogens (tertiary/aromatic N) is 3. The van der Waals surface area contributed by atoms with Crippen LogP contribution in [0.1, 0.15) is 20.1 Å². The molecular weight excluding hydrogens is 362 g/mol. The monoisotopic (exact) mass is 380 g/mol. The number of aromatic nitrogens is 3. The van der Waals surface area contributed by atoms with E-state index in [-0.39, 0.29) is 5.78 Å². The highest BCUT2D eigenvalue weighted by Crippen LogP contribution is 2.19. The van der Waals surface area contributed by atoms with Crippen LogP contribution < -0.4 is 4.57 Å². The first-order valence-electron chi connectivity index (χ1n) is 8.31. The summed E-state index contributed by atoms with van der Waals surface area (Å²) in [6, 6.07) is 12.0. The number of aryl methyl sites for hydroxylation is 1. The highest BCUT2D eigenvalue weighted by molar-refractivity contribution is 7.14. The molecule has 4 nitrogen and oxygen atoms in total. The van der Waals surface area contributed by atoms with Crippen molar-refractivity contribution in [3.05, 3.63) is 81.1 Å². The van der Waals surface area contributed by atoms with Crippen LogP contribution in [0, 0.1) is 6.92 Å². The van der Waals surface area contributed by atoms with Crippen LogP contribution in [0.25, 0.3) is 11.3 Å². The van der Waals surface area contributed by atoms with Gasteiger partial charge in [-0.05, 0) is 53.6 Å². The van der Waals surface area contributed by atoms with E-state index < -0.39 is 0 Å². The van der Waals surface area contributed by atoms with Crippen LogP contribution in [-0.4, -0.2) is 15.6 Å². The van der Waals surface area contributed by atoms with Crippen LogP contribution in [0.5, 0.6) is 0 Å². The number of Topliss-reactive ketones (excluding diaryl/α,β-unsaturated/α-hetero) is 1. The summed E-state index contributed by atoms with van der Waals surface area (Å²) < 4.78 is 3.93. The summed E-state index contributed by atoms with van der Waals surface area (Å²) in [7, 11) is 0. The quantitative estimate of drug-likeness (QED) is 0.371. The average molecular weight is 381 g/mol. The van der Waals surface area contributed by atoms with Crippen molar-refractivity contribution in [3.8, 4) is 11.3 Å². The van der Waals surface area contributed by atoms with E-state index in [1.807, 2.05) is 59.0 Å². The van der Waals surface area contributed by atoms with Crippen molar-refractivity contribution < 1.29 is 9.36 Å². The van der Waals surface area contributed by atoms with Gasteiger partial charge in [0, 0.05) is 17.1 Å². The van der Waals surface area contributed by atoms with Crippen molar-refractivity contribution in [2.75, 3.05) is 0 Å². The Morgan fingerprint density at radius 2 is 2.15 bits per heavy atom. The third-order valence-corrected chi connectivity index (χ3v) is 5.90. The lowest BCUT2D eigenvalue weighted by Gasteiger charge is -2.06. The summed E-state index contributed by atoms with van der Waals surface area (Å²) in [5.74, 6) is 0.136. The van der Waals surface area contributed by atoms with Crippen molar-refractivity contribution in [2.45, 2.75) is 20.0 Å². The predicted molar refractivity (Wildman–Crippen MR) is 105 cm³/mol. The van der Waals surface area contributed by atoms with E-state index in [0.29, 0.717) is 6.54 Å². The van der Waals surface area contributed by atoms with Gasteiger partial charge in [0.25, 0.3) is 0 Å². The molecule has 0 saturated heterocycles. The van der Waals surface area contributed by atoms with Crippen molar-refractivity contribution in [1.29, 1.82) is 0 Å². The molecule has 0 saturated carbocycles. The standard InChI is InChI=1S/C20H18N3OS2/c1-15-4-5-20(26-15)19(24)13-22-9-2-3-17(12-22)18-6-8-21-23(18)11-16-7-10-25-14-16/h2-10,12,14H,11,13H2,1H3/q+1. The highest BCUT2D eigenvalue weighted by atomic mass is 32.1. The maximum absolute atomic E-state index is 12.5. The lowest BCUT2D eigenvalue weighted by atomic mass is 10.2. The molecule has 0 spiro atoms. The van der Waals surface area contributed by atoms with E-state index in [1.54, 1.807) is 22.7 Å². The Hall–Kier alpha value is -2.57. The molecular formula is C20H18N3OS2+. The Morgan fingerprint density at radius 3 is 2.92 bits per heavy atom. The van der Waals surface area contributed by atoms with Gasteiger partial charge in [-0.15, -0.1) is 11.3 Å². The molecule has 0 bridgehead atoms. The molecule has 0 atom stereocenters. The summed E-state index contributed by atoms with van der Waals surface area (Å²) in [4.78, 5) is 14.4. The molecule has 0 N–H and O–H groups in total. The summed E-state index contributed by atoms with van der Waals surface area (Å²) in [5.41, 5.74) is 3.34. The molecule has 4 heterocycles. The van der Waals surface area contributed by atoms with E-state index in [0.717, 1.165) is 27.6 Å². The molecule has 4 aromatic heterocycles. The lowest BCUT2D eigenvalue weighted by Crippen LogP contribution is -2.37. The minimum Gasteiger partial charge on any atom is -0.286 e. The number of ketones is 1. The fraction of sp³-hybridized carbons (Fsp3) is 0.150. The molecule has 0 aliphatic heterocycles. The molecule has 0 fully saturated rings. The smallest absolute Gasteiger partial charge is 0.237 e. The molecule has 0 unspecified atom stereocenters. The molecule has 0 aromatic carbocycles. The van der Waals surface area contributed by atoms with Crippen LogP contribution in [-0.2, 0) is 13.1 Å². The Kier molecular flexibility index (Phi) is 4.77. The summed E-state index contributed by atoms with van der Waals surface area (Å²) in [6.07, 6.45) is 5.76. The first-order valence-corrected chi connectivity index (χ1v) is 10.1. The number of thiophene rings is 2. The van der Waals surface area contributed by atoms with Gasteiger partial charge in [0.1, 0.15) is 0 Å². The maximum Gasteiger partial charge on any atom is 0.237 e. The van der Waals surface area contributed by atoms with Crippen LogP contribution >= 0.6 is 22.7 Å². The summed E-state index contributed by atoms with van der Waals surface area (Å²) >= 11 is 3.24. The Balaban J connectivity index is 1.56. The second-order valence-electron chi connectivity index (χ2n) is 6.10. The zero-order valence-corrected chi connectivity index (χ0v) is 16.0. The van der Waals surface area contributed by atoms with Crippen molar-refractivity contribution in [1.82, 2.24) is 9.78 Å². The fourth-order valence-corrected chi connectivity index (χ4v) is 4.32. The van der Waals surface area contributed by atoms with Gasteiger partial charge in [-0.25, -0.2) is 0 Å². The summed E-state index contributed by atoms with van der Waals surface area (Å²) in [6.45, 7) is 3.10. The van der Waals surface area contributed by atoms with Gasteiger partial charge in [0.2, 0.25) is 12.3 Å². The van der Waals surface area contributed by atoms with Gasteiger partial charge in [-0.2, -0.15) is 21.0 Å². The molecule has 0 aliphatic rings. The number of rotatable bonds is 6. The minimum absolute atomic E-state index is 0.136. The van der Waals surface area contributed by atoms with Crippen molar-refractivity contribution >= 4 is 28.5 Å². The van der Waals surface area contributed by atoms with Gasteiger partial charge in [-0.3, -0.25) is 9.48 Å². The largest absolute Gasteiger partial charge is 0.286 e. The number of carbonyl (C=O) groups is 1. The Bertz CT molecular complexity index is 1030. The molecule has 0 aliphatic carbocycles.